The fourth-order valence-corrected chi connectivity index (χ4v) is 2.17. The highest BCUT2D eigenvalue weighted by atomic mass is 32.2. The number of ether oxygens (including phenoxy) is 1. The first-order chi connectivity index (χ1) is 9.40. The fraction of sp³-hybridized carbons (Fsp3) is 0.364. The summed E-state index contributed by atoms with van der Waals surface area (Å²) in [5.74, 6) is 0.948. The summed E-state index contributed by atoms with van der Waals surface area (Å²) >= 11 is 0. The number of nitrogens with zero attached hydrogens (tertiary/aromatic N) is 4. The van der Waals surface area contributed by atoms with Crippen LogP contribution in [0.25, 0.3) is 11.4 Å². The van der Waals surface area contributed by atoms with Crippen LogP contribution in [0.5, 0.6) is 5.75 Å². The number of hydrogen-bond donors (Lipinski definition) is 1. The SMILES string of the molecule is COc1cc(-c2nnnn2CCS(C)(=O)=O)ccc1N. The van der Waals surface area contributed by atoms with Crippen molar-refractivity contribution < 1.29 is 13.2 Å². The van der Waals surface area contributed by atoms with Gasteiger partial charge in [-0.15, -0.1) is 5.10 Å². The van der Waals surface area contributed by atoms with Crippen LogP contribution in [-0.2, 0) is 16.4 Å². The molecule has 2 N–H and O–H groups in total. The van der Waals surface area contributed by atoms with Crippen molar-refractivity contribution in [3.63, 3.8) is 0 Å². The number of tetrazole rings is 1. The van der Waals surface area contributed by atoms with Crippen LogP contribution >= 0.6 is 0 Å². The Morgan fingerprint density at radius 3 is 2.80 bits per heavy atom. The van der Waals surface area contributed by atoms with E-state index in [9.17, 15) is 8.42 Å². The first-order valence-electron chi connectivity index (χ1n) is 5.78. The van der Waals surface area contributed by atoms with Gasteiger partial charge in [0.25, 0.3) is 0 Å². The van der Waals surface area contributed by atoms with Crippen molar-refractivity contribution in [2.45, 2.75) is 6.54 Å². The quantitative estimate of drug-likeness (QED) is 0.771. The Bertz CT molecular complexity index is 711. The molecule has 0 aliphatic heterocycles. The molecule has 2 aromatic rings. The minimum atomic E-state index is -3.08. The molecule has 0 aliphatic rings. The second kappa shape index (κ2) is 5.45. The number of sulfone groups is 1. The van der Waals surface area contributed by atoms with E-state index in [1.54, 1.807) is 18.2 Å². The Labute approximate surface area is 116 Å². The number of anilines is 1. The van der Waals surface area contributed by atoms with E-state index < -0.39 is 9.84 Å². The Balaban J connectivity index is 2.32. The number of hydrogen-bond acceptors (Lipinski definition) is 7. The molecule has 20 heavy (non-hydrogen) atoms. The van der Waals surface area contributed by atoms with Crippen LogP contribution < -0.4 is 10.5 Å². The van der Waals surface area contributed by atoms with Gasteiger partial charge in [-0.1, -0.05) is 0 Å². The van der Waals surface area contributed by atoms with Gasteiger partial charge >= 0.3 is 0 Å². The summed E-state index contributed by atoms with van der Waals surface area (Å²) in [4.78, 5) is 0. The van der Waals surface area contributed by atoms with E-state index in [1.807, 2.05) is 0 Å². The maximum atomic E-state index is 11.2. The molecule has 0 fully saturated rings. The number of nitrogens with two attached hydrogens (primary N) is 1. The Morgan fingerprint density at radius 2 is 2.15 bits per heavy atom. The molecule has 0 amide bonds. The summed E-state index contributed by atoms with van der Waals surface area (Å²) in [6.45, 7) is 0.188. The van der Waals surface area contributed by atoms with Crippen molar-refractivity contribution in [3.05, 3.63) is 18.2 Å². The largest absolute Gasteiger partial charge is 0.495 e. The first-order valence-corrected chi connectivity index (χ1v) is 7.84. The van der Waals surface area contributed by atoms with Crippen molar-refractivity contribution in [1.82, 2.24) is 20.2 Å². The minimum Gasteiger partial charge on any atom is -0.495 e. The van der Waals surface area contributed by atoms with Crippen molar-refractivity contribution in [2.75, 3.05) is 24.9 Å². The average Bonchev–Trinajstić information content (AvgIpc) is 2.84. The van der Waals surface area contributed by atoms with Gasteiger partial charge in [-0.05, 0) is 28.6 Å². The number of rotatable bonds is 5. The van der Waals surface area contributed by atoms with Crippen molar-refractivity contribution in [1.29, 1.82) is 0 Å². The summed E-state index contributed by atoms with van der Waals surface area (Å²) in [6, 6.07) is 5.14. The maximum Gasteiger partial charge on any atom is 0.182 e. The lowest BCUT2D eigenvalue weighted by molar-refractivity contribution is 0.417. The summed E-state index contributed by atoms with van der Waals surface area (Å²) in [5, 5.41) is 11.3. The highest BCUT2D eigenvalue weighted by Gasteiger charge is 2.13. The van der Waals surface area contributed by atoms with Crippen molar-refractivity contribution in [3.8, 4) is 17.1 Å². The average molecular weight is 297 g/mol. The molecule has 1 heterocycles. The second-order valence-corrected chi connectivity index (χ2v) is 6.57. The first kappa shape index (κ1) is 14.3. The van der Waals surface area contributed by atoms with Crippen molar-refractivity contribution >= 4 is 15.5 Å². The number of benzene rings is 1. The molecule has 0 aliphatic carbocycles. The van der Waals surface area contributed by atoms with Gasteiger partial charge in [-0.3, -0.25) is 0 Å². The van der Waals surface area contributed by atoms with Gasteiger partial charge in [0, 0.05) is 11.8 Å². The lowest BCUT2D eigenvalue weighted by Crippen LogP contribution is -2.13. The van der Waals surface area contributed by atoms with Crippen LogP contribution in [0.3, 0.4) is 0 Å². The third-order valence-electron chi connectivity index (χ3n) is 2.70. The van der Waals surface area contributed by atoms with Gasteiger partial charge in [-0.25, -0.2) is 13.1 Å². The summed E-state index contributed by atoms with van der Waals surface area (Å²) < 4.78 is 29.0. The van der Waals surface area contributed by atoms with Crippen LogP contribution in [0.4, 0.5) is 5.69 Å². The lowest BCUT2D eigenvalue weighted by Gasteiger charge is -2.07. The number of methoxy groups -OCH3 is 1. The van der Waals surface area contributed by atoms with Crippen LogP contribution in [-0.4, -0.2) is 47.7 Å². The molecule has 1 aromatic carbocycles. The second-order valence-electron chi connectivity index (χ2n) is 4.31. The van der Waals surface area contributed by atoms with E-state index in [1.165, 1.54) is 18.0 Å². The fourth-order valence-electron chi connectivity index (χ4n) is 1.66. The van der Waals surface area contributed by atoms with Crippen LogP contribution in [0.1, 0.15) is 0 Å². The topological polar surface area (TPSA) is 113 Å². The maximum absolute atomic E-state index is 11.2. The molecular formula is C11H15N5O3S. The standard InChI is InChI=1S/C11H15N5O3S/c1-19-10-7-8(3-4-9(10)12)11-13-14-15-16(11)5-6-20(2,17)18/h3-4,7H,5-6,12H2,1-2H3. The predicted molar refractivity (Wildman–Crippen MR) is 73.9 cm³/mol. The summed E-state index contributed by atoms with van der Waals surface area (Å²) in [7, 11) is -1.56. The van der Waals surface area contributed by atoms with Crippen molar-refractivity contribution in [2.24, 2.45) is 0 Å². The molecule has 8 nitrogen and oxygen atoms in total. The Kier molecular flexibility index (Phi) is 3.89. The molecule has 0 bridgehead atoms. The zero-order chi connectivity index (χ0) is 14.8. The van der Waals surface area contributed by atoms with Gasteiger partial charge in [-0.2, -0.15) is 0 Å². The number of nitrogen functional groups attached to an aromatic ring is 1. The third-order valence-corrected chi connectivity index (χ3v) is 3.62. The monoisotopic (exact) mass is 297 g/mol. The molecule has 0 atom stereocenters. The number of aryl methyl sites for hydroxylation is 1. The minimum absolute atomic E-state index is 0.0306. The van der Waals surface area contributed by atoms with E-state index in [4.69, 9.17) is 10.5 Å². The zero-order valence-electron chi connectivity index (χ0n) is 11.1. The molecule has 1 aromatic heterocycles. The van der Waals surface area contributed by atoms with Gasteiger partial charge in [0.05, 0.1) is 25.1 Å². The molecule has 0 saturated carbocycles. The predicted octanol–water partition coefficient (Wildman–Crippen LogP) is -0.0245. The molecule has 0 spiro atoms. The van der Waals surface area contributed by atoms with E-state index >= 15 is 0 Å². The molecule has 0 radical (unpaired) electrons. The van der Waals surface area contributed by atoms with Gasteiger partial charge in [0.2, 0.25) is 0 Å². The van der Waals surface area contributed by atoms with Gasteiger partial charge in [0.15, 0.2) is 5.82 Å². The summed E-state index contributed by atoms with van der Waals surface area (Å²) in [6.07, 6.45) is 1.17. The molecule has 9 heteroatoms. The molecule has 108 valence electrons. The highest BCUT2D eigenvalue weighted by Crippen LogP contribution is 2.27. The molecule has 0 unspecified atom stereocenters. The van der Waals surface area contributed by atoms with E-state index in [0.29, 0.717) is 22.8 Å². The smallest absolute Gasteiger partial charge is 0.182 e. The molecule has 0 saturated heterocycles. The lowest BCUT2D eigenvalue weighted by atomic mass is 10.2. The summed E-state index contributed by atoms with van der Waals surface area (Å²) in [5.41, 5.74) is 6.95. The van der Waals surface area contributed by atoms with Gasteiger partial charge < -0.3 is 10.5 Å². The van der Waals surface area contributed by atoms with E-state index in [0.717, 1.165) is 0 Å². The Morgan fingerprint density at radius 1 is 1.40 bits per heavy atom. The molecular weight excluding hydrogens is 282 g/mol. The zero-order valence-corrected chi connectivity index (χ0v) is 12.0. The van der Waals surface area contributed by atoms with E-state index in [-0.39, 0.29) is 12.3 Å². The Hall–Kier alpha value is -2.16. The van der Waals surface area contributed by atoms with Crippen LogP contribution in [0.2, 0.25) is 0 Å². The van der Waals surface area contributed by atoms with E-state index in [2.05, 4.69) is 15.5 Å². The third kappa shape index (κ3) is 3.23. The highest BCUT2D eigenvalue weighted by molar-refractivity contribution is 7.90. The normalized spacial score (nSPS) is 11.5. The van der Waals surface area contributed by atoms with Gasteiger partial charge in [0.1, 0.15) is 15.6 Å². The number of aromatic nitrogens is 4. The molecule has 2 rings (SSSR count). The van der Waals surface area contributed by atoms with Crippen LogP contribution in [0.15, 0.2) is 18.2 Å². The van der Waals surface area contributed by atoms with Crippen LogP contribution in [0, 0.1) is 0 Å².